The molecule has 1 aliphatic heterocycles. The van der Waals surface area contributed by atoms with Gasteiger partial charge in [0.1, 0.15) is 18.7 Å². The van der Waals surface area contributed by atoms with Gasteiger partial charge in [-0.2, -0.15) is 5.01 Å². The molecule has 38 heavy (non-hydrogen) atoms. The first-order valence-electron chi connectivity index (χ1n) is 12.4. The molecule has 1 aromatic heterocycles. The topological polar surface area (TPSA) is 127 Å². The van der Waals surface area contributed by atoms with E-state index in [-0.39, 0.29) is 37.0 Å². The van der Waals surface area contributed by atoms with E-state index in [1.165, 1.54) is 12.1 Å². The normalized spacial score (nSPS) is 14.8. The lowest BCUT2D eigenvalue weighted by molar-refractivity contribution is -0.144. The van der Waals surface area contributed by atoms with Gasteiger partial charge in [0.15, 0.2) is 0 Å². The summed E-state index contributed by atoms with van der Waals surface area (Å²) in [7, 11) is 1.29. The van der Waals surface area contributed by atoms with Crippen LogP contribution in [-0.4, -0.2) is 46.2 Å². The first-order valence-corrected chi connectivity index (χ1v) is 12.4. The lowest BCUT2D eigenvalue weighted by Gasteiger charge is -2.30. The van der Waals surface area contributed by atoms with Gasteiger partial charge in [0, 0.05) is 23.5 Å². The molecule has 0 saturated carbocycles. The minimum absolute atomic E-state index is 0. The van der Waals surface area contributed by atoms with Crippen molar-refractivity contribution in [2.75, 3.05) is 13.7 Å². The van der Waals surface area contributed by atoms with Crippen LogP contribution in [0.1, 0.15) is 55.8 Å². The van der Waals surface area contributed by atoms with Gasteiger partial charge in [-0.3, -0.25) is 15.2 Å². The summed E-state index contributed by atoms with van der Waals surface area (Å²) in [6.45, 7) is 11.9. The molecular formula is C28H39ClN4O5. The molecule has 0 spiro atoms. The summed E-state index contributed by atoms with van der Waals surface area (Å²) < 4.78 is 10.9. The molecule has 3 rings (SSSR count). The minimum Gasteiger partial charge on any atom is -0.478 e. The largest absolute Gasteiger partial charge is 0.478 e. The van der Waals surface area contributed by atoms with Gasteiger partial charge < -0.3 is 20.3 Å². The van der Waals surface area contributed by atoms with Gasteiger partial charge in [-0.05, 0) is 56.7 Å². The van der Waals surface area contributed by atoms with Crippen molar-refractivity contribution in [2.45, 2.75) is 66.7 Å². The van der Waals surface area contributed by atoms with E-state index in [9.17, 15) is 14.7 Å². The maximum absolute atomic E-state index is 12.2. The second-order valence-electron chi connectivity index (χ2n) is 10.3. The van der Waals surface area contributed by atoms with Crippen molar-refractivity contribution in [2.24, 2.45) is 11.7 Å². The molecule has 0 saturated heterocycles. The maximum atomic E-state index is 12.2. The van der Waals surface area contributed by atoms with Gasteiger partial charge in [-0.1, -0.05) is 43.7 Å². The Morgan fingerprint density at radius 1 is 1.16 bits per heavy atom. The average Bonchev–Trinajstić information content (AvgIpc) is 3.07. The molecular weight excluding hydrogens is 508 g/mol. The number of halogens is 1. The highest BCUT2D eigenvalue weighted by molar-refractivity contribution is 5.90. The third-order valence-corrected chi connectivity index (χ3v) is 6.68. The zero-order valence-electron chi connectivity index (χ0n) is 23.2. The number of carbonyl (C=O) groups excluding carboxylic acids is 1. The van der Waals surface area contributed by atoms with Crippen LogP contribution in [0.15, 0.2) is 35.7 Å². The first-order chi connectivity index (χ1) is 17.4. The van der Waals surface area contributed by atoms with Crippen molar-refractivity contribution in [1.82, 2.24) is 15.4 Å². The highest BCUT2D eigenvalue weighted by Gasteiger charge is 2.45. The van der Waals surface area contributed by atoms with Crippen LogP contribution in [0.2, 0.25) is 0 Å². The molecule has 208 valence electrons. The summed E-state index contributed by atoms with van der Waals surface area (Å²) in [5, 5.41) is 11.5. The molecule has 10 heteroatoms. The number of aryl methyl sites for hydroxylation is 2. The molecule has 1 aromatic carbocycles. The van der Waals surface area contributed by atoms with Crippen LogP contribution in [0.4, 0.5) is 0 Å². The fraction of sp³-hybridized carbons (Fsp3) is 0.464. The number of aromatic nitrogens is 1. The van der Waals surface area contributed by atoms with E-state index in [4.69, 9.17) is 20.2 Å². The monoisotopic (exact) mass is 546 g/mol. The summed E-state index contributed by atoms with van der Waals surface area (Å²) in [5.41, 5.74) is 14.9. The van der Waals surface area contributed by atoms with Crippen LogP contribution in [0.25, 0.3) is 11.1 Å². The van der Waals surface area contributed by atoms with Gasteiger partial charge in [0.05, 0.1) is 12.6 Å². The summed E-state index contributed by atoms with van der Waals surface area (Å²) in [6, 6.07) is 8.22. The van der Waals surface area contributed by atoms with Gasteiger partial charge >= 0.3 is 11.9 Å². The number of aliphatic carboxylic acids is 1. The lowest BCUT2D eigenvalue weighted by atomic mass is 9.90. The number of nitrogens with two attached hydrogens (primary N) is 1. The Morgan fingerprint density at radius 3 is 2.32 bits per heavy atom. The Bertz CT molecular complexity index is 1210. The van der Waals surface area contributed by atoms with E-state index in [1.807, 2.05) is 13.8 Å². The highest BCUT2D eigenvalue weighted by atomic mass is 35.5. The van der Waals surface area contributed by atoms with Gasteiger partial charge in [-0.25, -0.2) is 4.79 Å². The number of methoxy groups -OCH3 is 1. The van der Waals surface area contributed by atoms with Crippen molar-refractivity contribution >= 4 is 24.3 Å². The molecule has 0 unspecified atom stereocenters. The number of hydrazine groups is 1. The van der Waals surface area contributed by atoms with Crippen molar-refractivity contribution in [3.63, 3.8) is 0 Å². The van der Waals surface area contributed by atoms with Crippen molar-refractivity contribution < 1.29 is 24.2 Å². The third-order valence-electron chi connectivity index (χ3n) is 6.68. The summed E-state index contributed by atoms with van der Waals surface area (Å²) in [6.07, 6.45) is 0.792. The minimum atomic E-state index is -1.14. The molecule has 2 aromatic rings. The number of rotatable bonds is 10. The Kier molecular flexibility index (Phi) is 10.3. The van der Waals surface area contributed by atoms with Crippen LogP contribution >= 0.6 is 12.4 Å². The number of hydrogen-bond acceptors (Lipinski definition) is 8. The number of nitrogens with zero attached hydrogens (tertiary/aromatic N) is 2. The predicted molar refractivity (Wildman–Crippen MR) is 148 cm³/mol. The zero-order chi connectivity index (χ0) is 27.5. The van der Waals surface area contributed by atoms with E-state index in [1.54, 1.807) is 13.8 Å². The maximum Gasteiger partial charge on any atom is 0.339 e. The SMILES string of the molecule is COC(=O)CN1NC(OCc2c(C)nc(CC(C)C)c(CN)c2-c2ccc(C)cc2)=C(C(=O)O)C1(C)C.Cl. The number of pyridine rings is 1. The summed E-state index contributed by atoms with van der Waals surface area (Å²) in [5.74, 6) is -1.15. The van der Waals surface area contributed by atoms with E-state index < -0.39 is 17.5 Å². The quantitative estimate of drug-likeness (QED) is 0.378. The number of ether oxygens (including phenoxy) is 2. The second-order valence-corrected chi connectivity index (χ2v) is 10.3. The van der Waals surface area contributed by atoms with E-state index >= 15 is 0 Å². The van der Waals surface area contributed by atoms with Crippen molar-refractivity contribution in [3.8, 4) is 11.1 Å². The smallest absolute Gasteiger partial charge is 0.339 e. The number of esters is 1. The number of carboxylic acid groups (broad SMARTS) is 1. The Hall–Kier alpha value is -3.14. The molecule has 0 amide bonds. The summed E-state index contributed by atoms with van der Waals surface area (Å²) >= 11 is 0. The molecule has 0 fully saturated rings. The second kappa shape index (κ2) is 12.6. The lowest BCUT2D eigenvalue weighted by Crippen LogP contribution is -2.50. The van der Waals surface area contributed by atoms with Gasteiger partial charge in [0.25, 0.3) is 0 Å². The standard InChI is InChI=1S/C28H38N4O5.ClH/c1-16(2)12-22-20(13-29)24(19-10-8-17(3)9-11-19)21(18(4)30-22)15-37-26-25(27(34)35)28(5,6)32(31-26)14-23(33)36-7;/h8-11,16,31H,12-15,29H2,1-7H3,(H,34,35);1H. The van der Waals surface area contributed by atoms with Crippen LogP contribution < -0.4 is 11.2 Å². The number of benzene rings is 1. The van der Waals surface area contributed by atoms with E-state index in [0.717, 1.165) is 45.6 Å². The number of carbonyl (C=O) groups is 2. The molecule has 9 nitrogen and oxygen atoms in total. The molecule has 0 aliphatic carbocycles. The number of carboxylic acids is 1. The number of hydrogen-bond donors (Lipinski definition) is 3. The van der Waals surface area contributed by atoms with Gasteiger partial charge in [0.2, 0.25) is 5.88 Å². The average molecular weight is 547 g/mol. The number of nitrogens with one attached hydrogen (secondary N) is 1. The Labute approximate surface area is 230 Å². The summed E-state index contributed by atoms with van der Waals surface area (Å²) in [4.78, 5) is 29.1. The molecule has 2 heterocycles. The zero-order valence-corrected chi connectivity index (χ0v) is 24.0. The van der Waals surface area contributed by atoms with Gasteiger partial charge in [-0.15, -0.1) is 12.4 Å². The highest BCUT2D eigenvalue weighted by Crippen LogP contribution is 2.36. The third kappa shape index (κ3) is 6.46. The molecule has 0 atom stereocenters. The molecule has 4 N–H and O–H groups in total. The fourth-order valence-electron chi connectivity index (χ4n) is 4.63. The fourth-order valence-corrected chi connectivity index (χ4v) is 4.63. The van der Waals surface area contributed by atoms with Crippen LogP contribution in [0, 0.1) is 19.8 Å². The first kappa shape index (κ1) is 31.1. The Balaban J connectivity index is 0.00000507. The Morgan fingerprint density at radius 2 is 1.79 bits per heavy atom. The molecule has 1 aliphatic rings. The predicted octanol–water partition coefficient (Wildman–Crippen LogP) is 4.03. The van der Waals surface area contributed by atoms with Crippen LogP contribution in [0.3, 0.4) is 0 Å². The van der Waals surface area contributed by atoms with Crippen molar-refractivity contribution in [3.05, 3.63) is 63.8 Å². The van der Waals surface area contributed by atoms with Crippen molar-refractivity contribution in [1.29, 1.82) is 0 Å². The molecule has 0 radical (unpaired) electrons. The van der Waals surface area contributed by atoms with E-state index in [0.29, 0.717) is 12.5 Å². The molecule has 0 bridgehead atoms. The van der Waals surface area contributed by atoms with E-state index in [2.05, 4.69) is 43.5 Å². The van der Waals surface area contributed by atoms with Crippen LogP contribution in [0.5, 0.6) is 0 Å². The van der Waals surface area contributed by atoms with Crippen LogP contribution in [-0.2, 0) is 38.6 Å².